The van der Waals surface area contributed by atoms with Gasteiger partial charge >= 0.3 is 5.97 Å². The fourth-order valence-corrected chi connectivity index (χ4v) is 6.03. The number of hydrogen-bond donors (Lipinski definition) is 0. The van der Waals surface area contributed by atoms with Gasteiger partial charge in [-0.05, 0) is 78.1 Å². The SMILES string of the molecule is Cc1cc2c(-c3ccc(F)cc3)c(/C=C/[C@@H]3C[C@H](CC(=O)OC(C)(C)C)OC(C)(C)O3)c(C3CC3)nc2s1. The van der Waals surface area contributed by atoms with Crippen LogP contribution in [0.1, 0.15) is 82.4 Å². The van der Waals surface area contributed by atoms with Gasteiger partial charge in [0.05, 0.1) is 24.3 Å². The van der Waals surface area contributed by atoms with E-state index in [1.807, 2.05) is 46.8 Å². The Morgan fingerprint density at radius 2 is 1.92 bits per heavy atom. The Morgan fingerprint density at radius 3 is 2.58 bits per heavy atom. The number of pyridine rings is 1. The van der Waals surface area contributed by atoms with Crippen molar-refractivity contribution in [2.75, 3.05) is 0 Å². The molecule has 0 radical (unpaired) electrons. The molecule has 0 unspecified atom stereocenters. The summed E-state index contributed by atoms with van der Waals surface area (Å²) in [6.45, 7) is 11.4. The average molecular weight is 538 g/mol. The summed E-state index contributed by atoms with van der Waals surface area (Å²) in [6, 6.07) is 8.88. The Bertz CT molecular complexity index is 1370. The fourth-order valence-electron chi connectivity index (χ4n) is 5.14. The molecule has 202 valence electrons. The molecule has 0 spiro atoms. The summed E-state index contributed by atoms with van der Waals surface area (Å²) in [5.74, 6) is -0.951. The van der Waals surface area contributed by atoms with Crippen molar-refractivity contribution in [3.63, 3.8) is 0 Å². The minimum absolute atomic E-state index is 0.171. The van der Waals surface area contributed by atoms with E-state index in [9.17, 15) is 9.18 Å². The number of carbonyl (C=O) groups excluding carboxylic acids is 1. The molecule has 1 aliphatic carbocycles. The van der Waals surface area contributed by atoms with Gasteiger partial charge in [0.2, 0.25) is 0 Å². The first-order valence-corrected chi connectivity index (χ1v) is 14.1. The monoisotopic (exact) mass is 537 g/mol. The Kier molecular flexibility index (Phi) is 7.22. The van der Waals surface area contributed by atoms with E-state index in [0.717, 1.165) is 45.4 Å². The summed E-state index contributed by atoms with van der Waals surface area (Å²) in [5.41, 5.74) is 3.65. The van der Waals surface area contributed by atoms with E-state index >= 15 is 0 Å². The Morgan fingerprint density at radius 1 is 1.21 bits per heavy atom. The van der Waals surface area contributed by atoms with E-state index < -0.39 is 11.4 Å². The van der Waals surface area contributed by atoms with Crippen molar-refractivity contribution in [2.24, 2.45) is 0 Å². The van der Waals surface area contributed by atoms with Crippen molar-refractivity contribution in [1.29, 1.82) is 0 Å². The van der Waals surface area contributed by atoms with Crippen molar-refractivity contribution in [3.8, 4) is 11.1 Å². The first-order valence-electron chi connectivity index (χ1n) is 13.3. The van der Waals surface area contributed by atoms with Gasteiger partial charge in [-0.2, -0.15) is 0 Å². The van der Waals surface area contributed by atoms with Crippen molar-refractivity contribution in [2.45, 2.75) is 96.7 Å². The number of esters is 1. The van der Waals surface area contributed by atoms with Crippen LogP contribution in [-0.2, 0) is 19.0 Å². The van der Waals surface area contributed by atoms with Crippen LogP contribution in [0.3, 0.4) is 0 Å². The molecule has 3 heterocycles. The highest BCUT2D eigenvalue weighted by atomic mass is 32.1. The number of hydrogen-bond acceptors (Lipinski definition) is 6. The smallest absolute Gasteiger partial charge is 0.308 e. The van der Waals surface area contributed by atoms with Crippen molar-refractivity contribution in [1.82, 2.24) is 4.98 Å². The minimum atomic E-state index is -0.842. The molecule has 5 rings (SSSR count). The lowest BCUT2D eigenvalue weighted by atomic mass is 9.93. The lowest BCUT2D eigenvalue weighted by Crippen LogP contribution is -2.45. The van der Waals surface area contributed by atoms with Crippen LogP contribution in [0.25, 0.3) is 27.4 Å². The van der Waals surface area contributed by atoms with Crippen LogP contribution >= 0.6 is 11.3 Å². The molecule has 3 aromatic rings. The number of nitrogens with zero attached hydrogens (tertiary/aromatic N) is 1. The van der Waals surface area contributed by atoms with Gasteiger partial charge in [-0.25, -0.2) is 9.37 Å². The van der Waals surface area contributed by atoms with Crippen LogP contribution < -0.4 is 0 Å². The largest absolute Gasteiger partial charge is 0.460 e. The highest BCUT2D eigenvalue weighted by molar-refractivity contribution is 7.18. The van der Waals surface area contributed by atoms with Crippen LogP contribution in [0, 0.1) is 12.7 Å². The number of aryl methyl sites for hydroxylation is 1. The third-order valence-corrected chi connectivity index (χ3v) is 7.59. The fraction of sp³-hybridized carbons (Fsp3) is 0.484. The van der Waals surface area contributed by atoms with E-state index in [1.165, 1.54) is 17.0 Å². The number of ether oxygens (including phenoxy) is 3. The summed E-state index contributed by atoms with van der Waals surface area (Å²) in [7, 11) is 0. The highest BCUT2D eigenvalue weighted by Gasteiger charge is 2.37. The second-order valence-corrected chi connectivity index (χ2v) is 13.1. The normalized spacial score (nSPS) is 21.8. The van der Waals surface area contributed by atoms with Crippen molar-refractivity contribution >= 4 is 33.6 Å². The van der Waals surface area contributed by atoms with E-state index in [4.69, 9.17) is 19.2 Å². The molecule has 0 bridgehead atoms. The number of aromatic nitrogens is 1. The number of carbonyl (C=O) groups is 1. The maximum absolute atomic E-state index is 13.8. The molecule has 2 fully saturated rings. The molecule has 0 N–H and O–H groups in total. The topological polar surface area (TPSA) is 57.7 Å². The number of rotatable bonds is 6. The predicted octanol–water partition coefficient (Wildman–Crippen LogP) is 7.94. The minimum Gasteiger partial charge on any atom is -0.460 e. The van der Waals surface area contributed by atoms with Crippen LogP contribution in [0.5, 0.6) is 0 Å². The summed E-state index contributed by atoms with van der Waals surface area (Å²) in [5, 5.41) is 1.08. The predicted molar refractivity (Wildman–Crippen MR) is 150 cm³/mol. The van der Waals surface area contributed by atoms with Gasteiger partial charge in [-0.15, -0.1) is 11.3 Å². The summed E-state index contributed by atoms with van der Waals surface area (Å²) in [6.07, 6.45) is 6.55. The van der Waals surface area contributed by atoms with Crippen LogP contribution in [-0.4, -0.2) is 34.5 Å². The van der Waals surface area contributed by atoms with Crippen LogP contribution in [0.4, 0.5) is 4.39 Å². The van der Waals surface area contributed by atoms with Gasteiger partial charge in [0.1, 0.15) is 16.2 Å². The van der Waals surface area contributed by atoms with Crippen LogP contribution in [0.15, 0.2) is 36.4 Å². The molecular formula is C31H36FNO4S. The lowest BCUT2D eigenvalue weighted by molar-refractivity contribution is -0.290. The van der Waals surface area contributed by atoms with Crippen molar-refractivity contribution < 1.29 is 23.4 Å². The molecular weight excluding hydrogens is 501 g/mol. The van der Waals surface area contributed by atoms with E-state index in [2.05, 4.69) is 25.1 Å². The highest BCUT2D eigenvalue weighted by Crippen LogP contribution is 2.46. The second kappa shape index (κ2) is 10.2. The first kappa shape index (κ1) is 27.0. The molecule has 1 aromatic carbocycles. The summed E-state index contributed by atoms with van der Waals surface area (Å²) < 4.78 is 31.7. The Labute approximate surface area is 228 Å². The Balaban J connectivity index is 1.50. The molecule has 1 saturated carbocycles. The molecule has 7 heteroatoms. The number of fused-ring (bicyclic) bond motifs is 1. The molecule has 2 atom stereocenters. The maximum Gasteiger partial charge on any atom is 0.308 e. The maximum atomic E-state index is 13.8. The third kappa shape index (κ3) is 6.33. The quantitative estimate of drug-likeness (QED) is 0.299. The van der Waals surface area contributed by atoms with E-state index in [-0.39, 0.29) is 30.4 Å². The van der Waals surface area contributed by atoms with Crippen molar-refractivity contribution in [3.05, 3.63) is 58.4 Å². The average Bonchev–Trinajstić information content (AvgIpc) is 3.56. The second-order valence-electron chi connectivity index (χ2n) is 11.8. The molecule has 0 amide bonds. The standard InChI is InChI=1S/C31H36FNO4S/c1-18-15-25-27(19-9-11-21(32)12-10-19)24(28(20-7-8-20)33-29(25)38-18)14-13-22-16-23(36-31(5,6)35-22)17-26(34)37-30(2,3)4/h9-15,20,22-23H,7-8,16-17H2,1-6H3/b14-13+/t22-,23-/m1/s1. The van der Waals surface area contributed by atoms with Crippen LogP contribution in [0.2, 0.25) is 0 Å². The summed E-state index contributed by atoms with van der Waals surface area (Å²) in [4.78, 5) is 19.8. The van der Waals surface area contributed by atoms with Gasteiger partial charge in [0.25, 0.3) is 0 Å². The first-order chi connectivity index (χ1) is 17.9. The Hall–Kier alpha value is -2.61. The molecule has 1 aliphatic heterocycles. The number of halogens is 1. The van der Waals surface area contributed by atoms with Gasteiger partial charge in [0.15, 0.2) is 5.79 Å². The zero-order valence-corrected chi connectivity index (χ0v) is 23.8. The molecule has 2 aliphatic rings. The van der Waals surface area contributed by atoms with Gasteiger partial charge < -0.3 is 14.2 Å². The molecule has 5 nitrogen and oxygen atoms in total. The van der Waals surface area contributed by atoms with E-state index in [1.54, 1.807) is 11.3 Å². The van der Waals surface area contributed by atoms with Gasteiger partial charge in [-0.3, -0.25) is 4.79 Å². The zero-order valence-electron chi connectivity index (χ0n) is 23.0. The molecule has 38 heavy (non-hydrogen) atoms. The third-order valence-electron chi connectivity index (χ3n) is 6.64. The summed E-state index contributed by atoms with van der Waals surface area (Å²) >= 11 is 1.69. The van der Waals surface area contributed by atoms with E-state index in [0.29, 0.717) is 12.3 Å². The van der Waals surface area contributed by atoms with Gasteiger partial charge in [0, 0.05) is 33.7 Å². The molecule has 1 saturated heterocycles. The molecule has 2 aromatic heterocycles. The van der Waals surface area contributed by atoms with Gasteiger partial charge in [-0.1, -0.05) is 24.3 Å². The zero-order chi connectivity index (χ0) is 27.2. The number of benzene rings is 1. The lowest BCUT2D eigenvalue weighted by Gasteiger charge is -2.39. The number of thiophene rings is 1.